The number of fused-ring (bicyclic) bond motifs is 1. The van der Waals surface area contributed by atoms with Crippen molar-refractivity contribution < 1.29 is 26.7 Å². The number of rotatable bonds is 4. The summed E-state index contributed by atoms with van der Waals surface area (Å²) in [6, 6.07) is 3.60. The maximum atomic E-state index is 12.7. The van der Waals surface area contributed by atoms with Crippen LogP contribution in [0.25, 0.3) is 0 Å². The number of hydrogen-bond donors (Lipinski definition) is 2. The van der Waals surface area contributed by atoms with Gasteiger partial charge in [-0.2, -0.15) is 0 Å². The zero-order valence-electron chi connectivity index (χ0n) is 9.02. The largest absolute Gasteiger partial charge is 0.586 e. The Kier molecular flexibility index (Phi) is 3.03. The molecule has 2 rings (SSSR count). The Morgan fingerprint density at radius 2 is 1.94 bits per heavy atom. The van der Waals surface area contributed by atoms with Crippen LogP contribution in [0.2, 0.25) is 0 Å². The molecule has 1 aromatic rings. The molecule has 100 valence electrons. The molecule has 0 amide bonds. The lowest BCUT2D eigenvalue weighted by atomic mass is 10.3. The van der Waals surface area contributed by atoms with Gasteiger partial charge in [0, 0.05) is 12.6 Å². The normalized spacial score (nSPS) is 16.6. The minimum Gasteiger partial charge on any atom is -0.395 e. The van der Waals surface area contributed by atoms with Crippen LogP contribution in [-0.4, -0.2) is 27.0 Å². The van der Waals surface area contributed by atoms with E-state index in [-0.39, 0.29) is 29.5 Å². The van der Waals surface area contributed by atoms with Gasteiger partial charge in [0.1, 0.15) is 0 Å². The summed E-state index contributed by atoms with van der Waals surface area (Å²) in [6.07, 6.45) is -3.73. The van der Waals surface area contributed by atoms with Crippen LogP contribution in [0.15, 0.2) is 18.2 Å². The SMILES string of the molecule is NCCS(=O)(=O)Nc1ccc2c(c1)OC(F)(F)O2. The number of sulfonamides is 1. The van der Waals surface area contributed by atoms with Crippen LogP contribution in [0.1, 0.15) is 0 Å². The molecule has 9 heteroatoms. The number of halogens is 2. The first kappa shape index (κ1) is 12.8. The van der Waals surface area contributed by atoms with Gasteiger partial charge in [0.05, 0.1) is 11.4 Å². The maximum Gasteiger partial charge on any atom is 0.586 e. The number of alkyl halides is 2. The van der Waals surface area contributed by atoms with E-state index in [9.17, 15) is 17.2 Å². The topological polar surface area (TPSA) is 90.7 Å². The van der Waals surface area contributed by atoms with Gasteiger partial charge in [-0.3, -0.25) is 4.72 Å². The van der Waals surface area contributed by atoms with E-state index in [4.69, 9.17) is 5.73 Å². The first-order valence-corrected chi connectivity index (χ1v) is 6.57. The van der Waals surface area contributed by atoms with Crippen molar-refractivity contribution in [1.82, 2.24) is 0 Å². The van der Waals surface area contributed by atoms with Crippen LogP contribution < -0.4 is 19.9 Å². The highest BCUT2D eigenvalue weighted by Crippen LogP contribution is 2.42. The van der Waals surface area contributed by atoms with Gasteiger partial charge in [-0.1, -0.05) is 0 Å². The molecule has 1 heterocycles. The highest BCUT2D eigenvalue weighted by Gasteiger charge is 2.43. The van der Waals surface area contributed by atoms with Crippen molar-refractivity contribution >= 4 is 15.7 Å². The number of hydrogen-bond acceptors (Lipinski definition) is 5. The predicted octanol–water partition coefficient (Wildman–Crippen LogP) is 0.708. The Morgan fingerprint density at radius 3 is 2.61 bits per heavy atom. The second kappa shape index (κ2) is 4.25. The Bertz CT molecular complexity index is 562. The van der Waals surface area contributed by atoms with Crippen LogP contribution in [-0.2, 0) is 10.0 Å². The predicted molar refractivity (Wildman–Crippen MR) is 59.1 cm³/mol. The minimum absolute atomic E-state index is 0.0437. The molecule has 0 aliphatic carbocycles. The van der Waals surface area contributed by atoms with Gasteiger partial charge in [0.15, 0.2) is 11.5 Å². The maximum absolute atomic E-state index is 12.7. The molecule has 0 bridgehead atoms. The Labute approximate surface area is 102 Å². The third kappa shape index (κ3) is 2.79. The lowest BCUT2D eigenvalue weighted by Crippen LogP contribution is -2.25. The Hall–Kier alpha value is -1.61. The van der Waals surface area contributed by atoms with E-state index in [0.29, 0.717) is 0 Å². The third-order valence-electron chi connectivity index (χ3n) is 2.06. The molecule has 18 heavy (non-hydrogen) atoms. The summed E-state index contributed by atoms with van der Waals surface area (Å²) >= 11 is 0. The molecular formula is C9H10F2N2O4S. The summed E-state index contributed by atoms with van der Waals surface area (Å²) in [6.45, 7) is -0.0437. The zero-order valence-corrected chi connectivity index (χ0v) is 9.84. The molecule has 1 aromatic carbocycles. The van der Waals surface area contributed by atoms with Crippen LogP contribution in [0, 0.1) is 0 Å². The van der Waals surface area contributed by atoms with Crippen molar-refractivity contribution in [3.63, 3.8) is 0 Å². The van der Waals surface area contributed by atoms with Crippen molar-refractivity contribution in [2.45, 2.75) is 6.29 Å². The van der Waals surface area contributed by atoms with E-state index in [1.54, 1.807) is 0 Å². The number of nitrogens with two attached hydrogens (primary N) is 1. The fraction of sp³-hybridized carbons (Fsp3) is 0.333. The average Bonchev–Trinajstić information content (AvgIpc) is 2.50. The lowest BCUT2D eigenvalue weighted by molar-refractivity contribution is -0.286. The first-order chi connectivity index (χ1) is 8.31. The highest BCUT2D eigenvalue weighted by atomic mass is 32.2. The van der Waals surface area contributed by atoms with Crippen molar-refractivity contribution in [3.8, 4) is 11.5 Å². The smallest absolute Gasteiger partial charge is 0.395 e. The number of nitrogens with one attached hydrogen (secondary N) is 1. The lowest BCUT2D eigenvalue weighted by Gasteiger charge is -2.07. The van der Waals surface area contributed by atoms with Crippen LogP contribution in [0.3, 0.4) is 0 Å². The summed E-state index contributed by atoms with van der Waals surface area (Å²) < 4.78 is 58.8. The molecular weight excluding hydrogens is 270 g/mol. The van der Waals surface area contributed by atoms with E-state index >= 15 is 0 Å². The van der Waals surface area contributed by atoms with Gasteiger partial charge < -0.3 is 15.2 Å². The molecule has 0 aromatic heterocycles. The zero-order chi connectivity index (χ0) is 13.4. The number of anilines is 1. The standard InChI is InChI=1S/C9H10F2N2O4S/c10-9(11)16-7-2-1-6(5-8(7)17-9)13-18(14,15)4-3-12/h1-2,5,13H,3-4,12H2. The van der Waals surface area contributed by atoms with E-state index in [1.807, 2.05) is 0 Å². The fourth-order valence-electron chi connectivity index (χ4n) is 1.40. The van der Waals surface area contributed by atoms with Crippen molar-refractivity contribution in [1.29, 1.82) is 0 Å². The molecule has 0 saturated carbocycles. The Balaban J connectivity index is 2.19. The van der Waals surface area contributed by atoms with Crippen LogP contribution >= 0.6 is 0 Å². The van der Waals surface area contributed by atoms with E-state index in [1.165, 1.54) is 12.1 Å². The molecule has 3 N–H and O–H groups in total. The molecule has 0 unspecified atom stereocenters. The molecule has 0 radical (unpaired) electrons. The molecule has 0 spiro atoms. The van der Waals surface area contributed by atoms with Gasteiger partial charge in [-0.25, -0.2) is 8.42 Å². The van der Waals surface area contributed by atoms with Gasteiger partial charge >= 0.3 is 6.29 Å². The molecule has 6 nitrogen and oxygen atoms in total. The highest BCUT2D eigenvalue weighted by molar-refractivity contribution is 7.92. The quantitative estimate of drug-likeness (QED) is 0.847. The summed E-state index contributed by atoms with van der Waals surface area (Å²) in [5.41, 5.74) is 5.23. The Morgan fingerprint density at radius 1 is 1.28 bits per heavy atom. The minimum atomic E-state index is -3.73. The molecule has 0 fully saturated rings. The monoisotopic (exact) mass is 280 g/mol. The summed E-state index contributed by atoms with van der Waals surface area (Å²) in [5.74, 6) is -0.646. The van der Waals surface area contributed by atoms with Crippen LogP contribution in [0.5, 0.6) is 11.5 Å². The van der Waals surface area contributed by atoms with Gasteiger partial charge in [-0.05, 0) is 12.1 Å². The average molecular weight is 280 g/mol. The summed E-state index contributed by atoms with van der Waals surface area (Å²) in [7, 11) is -3.59. The summed E-state index contributed by atoms with van der Waals surface area (Å²) in [5, 5.41) is 0. The van der Waals surface area contributed by atoms with Gasteiger partial charge in [0.25, 0.3) is 0 Å². The summed E-state index contributed by atoms with van der Waals surface area (Å²) in [4.78, 5) is 0. The molecule has 0 atom stereocenters. The van der Waals surface area contributed by atoms with E-state index in [2.05, 4.69) is 14.2 Å². The fourth-order valence-corrected chi connectivity index (χ4v) is 2.30. The van der Waals surface area contributed by atoms with Gasteiger partial charge in [0.2, 0.25) is 10.0 Å². The second-order valence-electron chi connectivity index (χ2n) is 3.54. The third-order valence-corrected chi connectivity index (χ3v) is 3.38. The first-order valence-electron chi connectivity index (χ1n) is 4.92. The van der Waals surface area contributed by atoms with Crippen molar-refractivity contribution in [3.05, 3.63) is 18.2 Å². The second-order valence-corrected chi connectivity index (χ2v) is 5.38. The van der Waals surface area contributed by atoms with E-state index in [0.717, 1.165) is 6.07 Å². The number of ether oxygens (including phenoxy) is 2. The van der Waals surface area contributed by atoms with Crippen molar-refractivity contribution in [2.75, 3.05) is 17.0 Å². The number of benzene rings is 1. The molecule has 0 saturated heterocycles. The van der Waals surface area contributed by atoms with Crippen molar-refractivity contribution in [2.24, 2.45) is 5.73 Å². The van der Waals surface area contributed by atoms with Gasteiger partial charge in [-0.15, -0.1) is 8.78 Å². The van der Waals surface area contributed by atoms with E-state index < -0.39 is 16.3 Å². The molecule has 1 aliphatic heterocycles. The molecule has 1 aliphatic rings. The van der Waals surface area contributed by atoms with Crippen LogP contribution in [0.4, 0.5) is 14.5 Å².